The van der Waals surface area contributed by atoms with Crippen molar-refractivity contribution in [2.75, 3.05) is 18.6 Å². The van der Waals surface area contributed by atoms with Crippen LogP contribution in [0.5, 0.6) is 0 Å². The third kappa shape index (κ3) is 1.76. The van der Waals surface area contributed by atoms with Crippen LogP contribution in [-0.4, -0.2) is 48.3 Å². The number of carbonyl (C=O) groups excluding carboxylic acids is 3. The molecule has 3 aliphatic heterocycles. The number of hydrogen-bond acceptors (Lipinski definition) is 6. The Kier molecular flexibility index (Phi) is 3.13. The van der Waals surface area contributed by atoms with Crippen LogP contribution in [0.1, 0.15) is 10.4 Å². The van der Waals surface area contributed by atoms with Gasteiger partial charge < -0.3 is 14.6 Å². The predicted octanol–water partition coefficient (Wildman–Crippen LogP) is 0.278. The zero-order chi connectivity index (χ0) is 17.1. The van der Waals surface area contributed by atoms with Gasteiger partial charge in [-0.1, -0.05) is 12.2 Å². The van der Waals surface area contributed by atoms with Crippen LogP contribution in [0.2, 0.25) is 0 Å². The molecule has 4 atom stereocenters. The Morgan fingerprint density at radius 1 is 1.29 bits per heavy atom. The van der Waals surface area contributed by atoms with E-state index in [1.165, 1.54) is 31.4 Å². The molecule has 1 aromatic carbocycles. The topological polar surface area (TPSA) is 93.1 Å². The van der Waals surface area contributed by atoms with Gasteiger partial charge in [0.2, 0.25) is 11.8 Å². The molecule has 7 nitrogen and oxygen atoms in total. The van der Waals surface area contributed by atoms with Gasteiger partial charge >= 0.3 is 5.97 Å². The molecule has 0 spiro atoms. The lowest BCUT2D eigenvalue weighted by Gasteiger charge is -2.26. The fraction of sp³-hybridized carbons (Fsp3) is 0.353. The molecule has 0 saturated carbocycles. The number of ether oxygens (including phenoxy) is 2. The summed E-state index contributed by atoms with van der Waals surface area (Å²) in [6.07, 6.45) is 2.92. The fourth-order valence-electron chi connectivity index (χ4n) is 3.80. The summed E-state index contributed by atoms with van der Waals surface area (Å²) in [6, 6.07) is 6.07. The molecule has 1 N–H and O–H groups in total. The van der Waals surface area contributed by atoms with Gasteiger partial charge in [0.05, 0.1) is 42.9 Å². The highest BCUT2D eigenvalue weighted by atomic mass is 16.5. The first-order chi connectivity index (χ1) is 11.5. The molecule has 1 aromatic rings. The first-order valence-electron chi connectivity index (χ1n) is 7.56. The van der Waals surface area contributed by atoms with Gasteiger partial charge in [0.1, 0.15) is 5.60 Å². The lowest BCUT2D eigenvalue weighted by atomic mass is 9.77. The van der Waals surface area contributed by atoms with E-state index >= 15 is 0 Å². The van der Waals surface area contributed by atoms with Crippen molar-refractivity contribution in [3.63, 3.8) is 0 Å². The van der Waals surface area contributed by atoms with Crippen LogP contribution in [0.25, 0.3) is 0 Å². The quantitative estimate of drug-likeness (QED) is 0.486. The first-order valence-corrected chi connectivity index (χ1v) is 7.56. The van der Waals surface area contributed by atoms with Crippen LogP contribution in [0.15, 0.2) is 36.4 Å². The minimum atomic E-state index is -1.11. The van der Waals surface area contributed by atoms with E-state index in [0.717, 1.165) is 4.90 Å². The number of carbonyl (C=O) groups is 3. The molecule has 3 heterocycles. The number of amides is 2. The van der Waals surface area contributed by atoms with E-state index in [1.54, 1.807) is 12.2 Å². The van der Waals surface area contributed by atoms with Crippen molar-refractivity contribution in [2.24, 2.45) is 11.8 Å². The number of esters is 1. The zero-order valence-corrected chi connectivity index (χ0v) is 12.8. The van der Waals surface area contributed by atoms with Crippen molar-refractivity contribution in [2.45, 2.75) is 11.7 Å². The average Bonchev–Trinajstić information content (AvgIpc) is 3.25. The van der Waals surface area contributed by atoms with Crippen LogP contribution < -0.4 is 4.90 Å². The van der Waals surface area contributed by atoms with E-state index in [1.807, 2.05) is 0 Å². The number of nitrogens with zero attached hydrogens (tertiary/aromatic N) is 1. The maximum Gasteiger partial charge on any atom is 0.337 e. The SMILES string of the molecule is COC(=O)c1ccc(N2C(=O)[C@H]3[C@H]4C=C[C@@](CO)(O4)[C@H]3C2=O)cc1. The molecule has 2 saturated heterocycles. The summed E-state index contributed by atoms with van der Waals surface area (Å²) in [7, 11) is 1.28. The Morgan fingerprint density at radius 2 is 2.00 bits per heavy atom. The number of imide groups is 1. The fourth-order valence-corrected chi connectivity index (χ4v) is 3.80. The first kappa shape index (κ1) is 15.0. The van der Waals surface area contributed by atoms with Gasteiger partial charge in [-0.2, -0.15) is 0 Å². The summed E-state index contributed by atoms with van der Waals surface area (Å²) in [5.41, 5.74) is -0.389. The van der Waals surface area contributed by atoms with Crippen molar-refractivity contribution in [1.29, 1.82) is 0 Å². The van der Waals surface area contributed by atoms with Gasteiger partial charge in [0.25, 0.3) is 0 Å². The molecule has 2 amide bonds. The smallest absolute Gasteiger partial charge is 0.337 e. The summed E-state index contributed by atoms with van der Waals surface area (Å²) in [5.74, 6) is -2.56. The summed E-state index contributed by atoms with van der Waals surface area (Å²) in [4.78, 5) is 38.2. The summed E-state index contributed by atoms with van der Waals surface area (Å²) in [6.45, 7) is -0.352. The molecule has 24 heavy (non-hydrogen) atoms. The van der Waals surface area contributed by atoms with Crippen LogP contribution >= 0.6 is 0 Å². The molecule has 2 fully saturated rings. The van der Waals surface area contributed by atoms with E-state index in [0.29, 0.717) is 11.3 Å². The zero-order valence-electron chi connectivity index (χ0n) is 12.8. The summed E-state index contributed by atoms with van der Waals surface area (Å²) >= 11 is 0. The highest BCUT2D eigenvalue weighted by Crippen LogP contribution is 2.52. The van der Waals surface area contributed by atoms with Crippen molar-refractivity contribution < 1.29 is 29.0 Å². The molecule has 3 aliphatic rings. The predicted molar refractivity (Wildman–Crippen MR) is 81.1 cm³/mol. The molecule has 4 rings (SSSR count). The van der Waals surface area contributed by atoms with Crippen molar-refractivity contribution in [3.05, 3.63) is 42.0 Å². The molecule has 0 unspecified atom stereocenters. The maximum absolute atomic E-state index is 12.8. The number of anilines is 1. The van der Waals surface area contributed by atoms with E-state index in [9.17, 15) is 19.5 Å². The Balaban J connectivity index is 1.68. The second kappa shape index (κ2) is 4.99. The van der Waals surface area contributed by atoms with E-state index in [2.05, 4.69) is 4.74 Å². The van der Waals surface area contributed by atoms with Crippen LogP contribution in [0.3, 0.4) is 0 Å². The number of fused-ring (bicyclic) bond motifs is 5. The monoisotopic (exact) mass is 329 g/mol. The lowest BCUT2D eigenvalue weighted by Crippen LogP contribution is -2.43. The minimum absolute atomic E-state index is 0.331. The van der Waals surface area contributed by atoms with Crippen LogP contribution in [0, 0.1) is 11.8 Å². The molecule has 7 heteroatoms. The second-order valence-corrected chi connectivity index (χ2v) is 6.11. The Labute approximate surface area is 137 Å². The number of aliphatic hydroxyl groups is 1. The number of hydrogen-bond donors (Lipinski definition) is 1. The molecular formula is C17H15NO6. The van der Waals surface area contributed by atoms with Gasteiger partial charge in [0, 0.05) is 0 Å². The third-order valence-electron chi connectivity index (χ3n) is 4.95. The van der Waals surface area contributed by atoms with Crippen LogP contribution in [0.4, 0.5) is 5.69 Å². The van der Waals surface area contributed by atoms with E-state index < -0.39 is 35.4 Å². The van der Waals surface area contributed by atoms with Crippen molar-refractivity contribution in [1.82, 2.24) is 0 Å². The van der Waals surface area contributed by atoms with Gasteiger partial charge in [-0.05, 0) is 24.3 Å². The standard InChI is InChI=1S/C17H15NO6/c1-23-16(22)9-2-4-10(5-3-9)18-14(20)12-11-6-7-17(8-19,24-11)13(12)15(18)21/h2-7,11-13,19H,8H2,1H3/t11-,12+,13-,17+/m1/s1. The van der Waals surface area contributed by atoms with Gasteiger partial charge in [-0.15, -0.1) is 0 Å². The normalized spacial score (nSPS) is 33.2. The molecule has 0 aromatic heterocycles. The van der Waals surface area contributed by atoms with Gasteiger partial charge in [-0.25, -0.2) is 9.69 Å². The number of benzene rings is 1. The maximum atomic E-state index is 12.8. The van der Waals surface area contributed by atoms with Crippen molar-refractivity contribution >= 4 is 23.5 Å². The Hall–Kier alpha value is -2.51. The van der Waals surface area contributed by atoms with Gasteiger partial charge in [0.15, 0.2) is 0 Å². The molecule has 2 bridgehead atoms. The Bertz CT molecular complexity index is 770. The Morgan fingerprint density at radius 3 is 2.62 bits per heavy atom. The lowest BCUT2D eigenvalue weighted by molar-refractivity contribution is -0.128. The summed E-state index contributed by atoms with van der Waals surface area (Å²) < 4.78 is 10.3. The highest BCUT2D eigenvalue weighted by molar-refractivity contribution is 6.23. The van der Waals surface area contributed by atoms with E-state index in [4.69, 9.17) is 4.74 Å². The van der Waals surface area contributed by atoms with Crippen molar-refractivity contribution in [3.8, 4) is 0 Å². The number of aliphatic hydroxyl groups excluding tert-OH is 1. The number of methoxy groups -OCH3 is 1. The third-order valence-corrected chi connectivity index (χ3v) is 4.95. The van der Waals surface area contributed by atoms with E-state index in [-0.39, 0.29) is 12.5 Å². The largest absolute Gasteiger partial charge is 0.465 e. The average molecular weight is 329 g/mol. The number of rotatable bonds is 3. The van der Waals surface area contributed by atoms with Crippen LogP contribution in [-0.2, 0) is 19.1 Å². The molecule has 0 aliphatic carbocycles. The minimum Gasteiger partial charge on any atom is -0.465 e. The molecular weight excluding hydrogens is 314 g/mol. The molecule has 0 radical (unpaired) electrons. The highest BCUT2D eigenvalue weighted by Gasteiger charge is 2.67. The van der Waals surface area contributed by atoms with Gasteiger partial charge in [-0.3, -0.25) is 9.59 Å². The summed E-state index contributed by atoms with van der Waals surface area (Å²) in [5, 5.41) is 9.67. The second-order valence-electron chi connectivity index (χ2n) is 6.11. The molecule has 124 valence electrons.